The van der Waals surface area contributed by atoms with E-state index in [2.05, 4.69) is 14.7 Å². The van der Waals surface area contributed by atoms with E-state index in [1.54, 1.807) is 6.92 Å². The predicted octanol–water partition coefficient (Wildman–Crippen LogP) is 1.88. The van der Waals surface area contributed by atoms with Gasteiger partial charge in [0.2, 0.25) is 0 Å². The van der Waals surface area contributed by atoms with Gasteiger partial charge in [-0.15, -0.1) is 0 Å². The number of nitrogens with zero attached hydrogens (tertiary/aromatic N) is 1. The van der Waals surface area contributed by atoms with Crippen LogP contribution in [0.2, 0.25) is 5.02 Å². The Morgan fingerprint density at radius 1 is 1.44 bits per heavy atom. The largest absolute Gasteiger partial charge is 0.508 e. The van der Waals surface area contributed by atoms with Gasteiger partial charge < -0.3 is 10.1 Å². The molecule has 0 saturated carbocycles. The number of imidazole rings is 1. The summed E-state index contributed by atoms with van der Waals surface area (Å²) in [6.07, 6.45) is 1.21. The fourth-order valence-electron chi connectivity index (χ4n) is 1.32. The number of sulfonamides is 1. The summed E-state index contributed by atoms with van der Waals surface area (Å²) in [7, 11) is -3.76. The van der Waals surface area contributed by atoms with Crippen LogP contribution in [0.1, 0.15) is 5.82 Å². The topological polar surface area (TPSA) is 95.1 Å². The van der Waals surface area contributed by atoms with Gasteiger partial charge in [0.05, 0.1) is 16.9 Å². The van der Waals surface area contributed by atoms with Crippen LogP contribution in [0.3, 0.4) is 0 Å². The smallest absolute Gasteiger partial charge is 0.279 e. The molecule has 96 valence electrons. The molecule has 0 aliphatic rings. The number of phenolic OH excluding ortho intramolecular Hbond substituents is 1. The maximum atomic E-state index is 11.9. The molecule has 1 aromatic heterocycles. The summed E-state index contributed by atoms with van der Waals surface area (Å²) in [5.41, 5.74) is 0.182. The Morgan fingerprint density at radius 2 is 2.17 bits per heavy atom. The number of aryl methyl sites for hydroxylation is 1. The highest BCUT2D eigenvalue weighted by atomic mass is 35.5. The van der Waals surface area contributed by atoms with E-state index in [1.165, 1.54) is 24.4 Å². The second-order valence-corrected chi connectivity index (χ2v) is 5.66. The molecule has 6 nitrogen and oxygen atoms in total. The number of anilines is 1. The number of halogens is 1. The normalized spacial score (nSPS) is 11.4. The Kier molecular flexibility index (Phi) is 3.18. The molecule has 1 heterocycles. The number of benzene rings is 1. The zero-order valence-corrected chi connectivity index (χ0v) is 10.9. The van der Waals surface area contributed by atoms with Gasteiger partial charge in [0.1, 0.15) is 11.6 Å². The third-order valence-electron chi connectivity index (χ3n) is 2.17. The molecule has 0 atom stereocenters. The number of H-pyrrole nitrogens is 1. The third-order valence-corrected chi connectivity index (χ3v) is 3.75. The lowest BCUT2D eigenvalue weighted by Crippen LogP contribution is -2.13. The number of phenols is 1. The lowest BCUT2D eigenvalue weighted by Gasteiger charge is -2.08. The van der Waals surface area contributed by atoms with Gasteiger partial charge in [-0.1, -0.05) is 11.6 Å². The predicted molar refractivity (Wildman–Crippen MR) is 67.3 cm³/mol. The van der Waals surface area contributed by atoms with Crippen LogP contribution in [0.4, 0.5) is 5.69 Å². The molecule has 0 fully saturated rings. The summed E-state index contributed by atoms with van der Waals surface area (Å²) < 4.78 is 26.2. The number of nitrogens with one attached hydrogen (secondary N) is 2. The van der Waals surface area contributed by atoms with Crippen molar-refractivity contribution >= 4 is 27.3 Å². The second kappa shape index (κ2) is 4.51. The highest BCUT2D eigenvalue weighted by Gasteiger charge is 2.18. The van der Waals surface area contributed by atoms with Crippen molar-refractivity contribution in [3.8, 4) is 5.75 Å². The number of rotatable bonds is 3. The number of aromatic hydroxyl groups is 1. The SMILES string of the molecule is Cc1ncc(S(=O)(=O)Nc2ccc(O)cc2Cl)[nH]1. The van der Waals surface area contributed by atoms with Gasteiger partial charge in [-0.2, -0.15) is 8.42 Å². The Hall–Kier alpha value is -1.73. The first kappa shape index (κ1) is 12.7. The maximum Gasteiger partial charge on any atom is 0.279 e. The molecule has 8 heteroatoms. The summed E-state index contributed by atoms with van der Waals surface area (Å²) >= 11 is 5.82. The quantitative estimate of drug-likeness (QED) is 0.751. The van der Waals surface area contributed by atoms with Gasteiger partial charge in [0.25, 0.3) is 10.0 Å². The summed E-state index contributed by atoms with van der Waals surface area (Å²) in [5, 5.41) is 9.23. The van der Waals surface area contributed by atoms with E-state index < -0.39 is 10.0 Å². The minimum Gasteiger partial charge on any atom is -0.508 e. The Labute approximate surface area is 109 Å². The van der Waals surface area contributed by atoms with Gasteiger partial charge in [-0.05, 0) is 19.1 Å². The summed E-state index contributed by atoms with van der Waals surface area (Å²) in [6, 6.07) is 3.96. The minimum atomic E-state index is -3.76. The zero-order chi connectivity index (χ0) is 13.3. The highest BCUT2D eigenvalue weighted by molar-refractivity contribution is 7.92. The fourth-order valence-corrected chi connectivity index (χ4v) is 2.65. The third kappa shape index (κ3) is 2.57. The van der Waals surface area contributed by atoms with Crippen molar-refractivity contribution in [1.82, 2.24) is 9.97 Å². The Balaban J connectivity index is 2.33. The van der Waals surface area contributed by atoms with Crippen molar-refractivity contribution in [3.05, 3.63) is 35.2 Å². The van der Waals surface area contributed by atoms with E-state index in [1.807, 2.05) is 0 Å². The fraction of sp³-hybridized carbons (Fsp3) is 0.100. The van der Waals surface area contributed by atoms with Crippen LogP contribution in [-0.2, 0) is 10.0 Å². The van der Waals surface area contributed by atoms with Crippen LogP contribution in [0.15, 0.2) is 29.4 Å². The van der Waals surface area contributed by atoms with Crippen LogP contribution in [0.25, 0.3) is 0 Å². The molecule has 1 aromatic carbocycles. The molecule has 0 unspecified atom stereocenters. The average Bonchev–Trinajstić information content (AvgIpc) is 2.70. The lowest BCUT2D eigenvalue weighted by atomic mass is 10.3. The van der Waals surface area contributed by atoms with Crippen molar-refractivity contribution < 1.29 is 13.5 Å². The standard InChI is InChI=1S/C10H10ClN3O3S/c1-6-12-5-10(13-6)18(16,17)14-9-3-2-7(15)4-8(9)11/h2-5,14-15H,1H3,(H,12,13). The van der Waals surface area contributed by atoms with Crippen LogP contribution in [-0.4, -0.2) is 23.5 Å². The number of hydrogen-bond acceptors (Lipinski definition) is 4. The maximum absolute atomic E-state index is 11.9. The monoisotopic (exact) mass is 287 g/mol. The molecule has 18 heavy (non-hydrogen) atoms. The van der Waals surface area contributed by atoms with Gasteiger partial charge in [0, 0.05) is 6.07 Å². The molecule has 2 rings (SSSR count). The van der Waals surface area contributed by atoms with Crippen molar-refractivity contribution in [1.29, 1.82) is 0 Å². The average molecular weight is 288 g/mol. The highest BCUT2D eigenvalue weighted by Crippen LogP contribution is 2.27. The Morgan fingerprint density at radius 3 is 2.72 bits per heavy atom. The molecule has 2 aromatic rings. The van der Waals surface area contributed by atoms with Gasteiger partial charge in [-0.25, -0.2) is 4.98 Å². The van der Waals surface area contributed by atoms with E-state index in [9.17, 15) is 13.5 Å². The van der Waals surface area contributed by atoms with Gasteiger partial charge >= 0.3 is 0 Å². The molecule has 0 aliphatic heterocycles. The molecular formula is C10H10ClN3O3S. The molecule has 0 saturated heterocycles. The molecule has 3 N–H and O–H groups in total. The number of hydrogen-bond donors (Lipinski definition) is 3. The van der Waals surface area contributed by atoms with E-state index >= 15 is 0 Å². The molecule has 0 aliphatic carbocycles. The molecule has 0 amide bonds. The molecule has 0 radical (unpaired) electrons. The minimum absolute atomic E-state index is 0.0414. The van der Waals surface area contributed by atoms with Crippen molar-refractivity contribution in [2.45, 2.75) is 11.9 Å². The first-order valence-electron chi connectivity index (χ1n) is 4.91. The first-order valence-corrected chi connectivity index (χ1v) is 6.77. The lowest BCUT2D eigenvalue weighted by molar-refractivity contribution is 0.475. The van der Waals surface area contributed by atoms with Crippen LogP contribution in [0.5, 0.6) is 5.75 Å². The van der Waals surface area contributed by atoms with Crippen LogP contribution < -0.4 is 4.72 Å². The van der Waals surface area contributed by atoms with E-state index in [4.69, 9.17) is 11.6 Å². The van der Waals surface area contributed by atoms with E-state index in [0.29, 0.717) is 5.82 Å². The molecular weight excluding hydrogens is 278 g/mol. The van der Waals surface area contributed by atoms with E-state index in [0.717, 1.165) is 0 Å². The van der Waals surface area contributed by atoms with Crippen molar-refractivity contribution in [2.75, 3.05) is 4.72 Å². The molecule has 0 spiro atoms. The molecule has 0 bridgehead atoms. The second-order valence-electron chi connectivity index (χ2n) is 3.60. The number of aromatic nitrogens is 2. The van der Waals surface area contributed by atoms with Crippen molar-refractivity contribution in [2.24, 2.45) is 0 Å². The van der Waals surface area contributed by atoms with Crippen molar-refractivity contribution in [3.63, 3.8) is 0 Å². The van der Waals surface area contributed by atoms with Crippen LogP contribution >= 0.6 is 11.6 Å². The first-order chi connectivity index (χ1) is 8.38. The number of aromatic amines is 1. The summed E-state index contributed by atoms with van der Waals surface area (Å²) in [6.45, 7) is 1.65. The summed E-state index contributed by atoms with van der Waals surface area (Å²) in [4.78, 5) is 6.43. The van der Waals surface area contributed by atoms with Gasteiger partial charge in [-0.3, -0.25) is 4.72 Å². The Bertz CT molecular complexity index is 681. The van der Waals surface area contributed by atoms with Gasteiger partial charge in [0.15, 0.2) is 5.03 Å². The van der Waals surface area contributed by atoms with Crippen LogP contribution in [0, 0.1) is 6.92 Å². The van der Waals surface area contributed by atoms with E-state index in [-0.39, 0.29) is 21.5 Å². The summed E-state index contributed by atoms with van der Waals surface area (Å²) in [5.74, 6) is 0.451. The zero-order valence-electron chi connectivity index (χ0n) is 9.31.